The first-order valence-corrected chi connectivity index (χ1v) is 10.2. The summed E-state index contributed by atoms with van der Waals surface area (Å²) in [5, 5.41) is 25.3. The van der Waals surface area contributed by atoms with Crippen LogP contribution in [0.2, 0.25) is 5.02 Å². The number of aromatic nitrogens is 1. The Balaban J connectivity index is 1.95. The lowest BCUT2D eigenvalue weighted by Crippen LogP contribution is -2.58. The van der Waals surface area contributed by atoms with Crippen LogP contribution in [0.5, 0.6) is 5.75 Å². The summed E-state index contributed by atoms with van der Waals surface area (Å²) in [5.41, 5.74) is -2.01. The Labute approximate surface area is 182 Å². The molecule has 0 fully saturated rings. The topological polar surface area (TPSA) is 65.4 Å². The summed E-state index contributed by atoms with van der Waals surface area (Å²) in [6.45, 7) is 4.94. The molecule has 0 aliphatic heterocycles. The number of hydrogen-bond acceptors (Lipinski definition) is 4. The van der Waals surface area contributed by atoms with Crippen LogP contribution in [-0.2, 0) is 5.41 Å². The maximum absolute atomic E-state index is 14.3. The smallest absolute Gasteiger partial charge is 0.419 e. The fourth-order valence-electron chi connectivity index (χ4n) is 4.65. The van der Waals surface area contributed by atoms with Crippen molar-refractivity contribution in [2.75, 3.05) is 5.32 Å². The molecule has 1 heterocycles. The number of anilines is 1. The molecule has 2 atom stereocenters. The van der Waals surface area contributed by atoms with E-state index >= 15 is 0 Å². The fraction of sp³-hybridized carbons (Fsp3) is 0.348. The number of nitrogens with one attached hydrogen (secondary N) is 1. The van der Waals surface area contributed by atoms with Gasteiger partial charge in [-0.15, -0.1) is 0 Å². The van der Waals surface area contributed by atoms with Crippen LogP contribution in [-0.4, -0.2) is 27.0 Å². The monoisotopic (exact) mass is 450 g/mol. The Morgan fingerprint density at radius 3 is 2.52 bits per heavy atom. The molecule has 2 aromatic carbocycles. The first-order chi connectivity index (χ1) is 14.3. The van der Waals surface area contributed by atoms with E-state index in [1.165, 1.54) is 12.1 Å². The minimum Gasteiger partial charge on any atom is -0.506 e. The molecular formula is C23H22ClF3N2O2. The van der Waals surface area contributed by atoms with Crippen molar-refractivity contribution in [2.24, 2.45) is 0 Å². The zero-order chi connectivity index (χ0) is 22.8. The van der Waals surface area contributed by atoms with Crippen molar-refractivity contribution in [3.63, 3.8) is 0 Å². The lowest BCUT2D eigenvalue weighted by molar-refractivity contribution is -0.275. The largest absolute Gasteiger partial charge is 0.506 e. The number of phenolic OH excluding ortho intramolecular Hbond substituents is 1. The fourth-order valence-corrected chi connectivity index (χ4v) is 4.81. The highest BCUT2D eigenvalue weighted by atomic mass is 35.5. The molecule has 1 aliphatic rings. The molecule has 3 aromatic rings. The van der Waals surface area contributed by atoms with Crippen LogP contribution in [0.3, 0.4) is 0 Å². The van der Waals surface area contributed by atoms with E-state index < -0.39 is 29.7 Å². The number of aromatic hydroxyl groups is 1. The van der Waals surface area contributed by atoms with Crippen LogP contribution in [0.1, 0.15) is 43.1 Å². The van der Waals surface area contributed by atoms with Gasteiger partial charge in [0.05, 0.1) is 16.6 Å². The second kappa shape index (κ2) is 7.00. The van der Waals surface area contributed by atoms with Crippen LogP contribution in [0.25, 0.3) is 10.9 Å². The van der Waals surface area contributed by atoms with Crippen molar-refractivity contribution in [3.8, 4) is 5.75 Å². The maximum atomic E-state index is 14.3. The zero-order valence-electron chi connectivity index (χ0n) is 17.2. The molecule has 0 spiro atoms. The average Bonchev–Trinajstić information content (AvgIpc) is 2.65. The highest BCUT2D eigenvalue weighted by Crippen LogP contribution is 2.57. The van der Waals surface area contributed by atoms with E-state index in [1.807, 2.05) is 6.92 Å². The van der Waals surface area contributed by atoms with Gasteiger partial charge in [0, 0.05) is 22.3 Å². The third-order valence-corrected chi connectivity index (χ3v) is 6.30. The van der Waals surface area contributed by atoms with Crippen LogP contribution < -0.4 is 5.32 Å². The molecule has 2 unspecified atom stereocenters. The number of nitrogens with zero attached hydrogens (tertiary/aromatic N) is 1. The third-order valence-electron chi connectivity index (χ3n) is 6.00. The number of hydrogen-bond donors (Lipinski definition) is 3. The molecule has 0 saturated heterocycles. The number of aryl methyl sites for hydroxylation is 1. The van der Waals surface area contributed by atoms with Gasteiger partial charge < -0.3 is 15.5 Å². The summed E-state index contributed by atoms with van der Waals surface area (Å²) in [4.78, 5) is 4.43. The second-order valence-corrected chi connectivity index (χ2v) is 9.15. The van der Waals surface area contributed by atoms with E-state index in [-0.39, 0.29) is 16.3 Å². The minimum absolute atomic E-state index is 0.0489. The summed E-state index contributed by atoms with van der Waals surface area (Å²) in [5.74, 6) is -0.268. The molecule has 4 nitrogen and oxygen atoms in total. The quantitative estimate of drug-likeness (QED) is 0.446. The van der Waals surface area contributed by atoms with Crippen molar-refractivity contribution in [2.45, 2.75) is 50.4 Å². The van der Waals surface area contributed by atoms with Gasteiger partial charge in [-0.3, -0.25) is 4.98 Å². The minimum atomic E-state index is -4.92. The number of aliphatic hydroxyl groups is 1. The number of fused-ring (bicyclic) bond motifs is 2. The van der Waals surface area contributed by atoms with E-state index in [0.29, 0.717) is 22.2 Å². The third kappa shape index (κ3) is 3.40. The van der Waals surface area contributed by atoms with E-state index in [1.54, 1.807) is 44.2 Å². The average molecular weight is 451 g/mol. The van der Waals surface area contributed by atoms with Gasteiger partial charge in [-0.05, 0) is 54.7 Å². The summed E-state index contributed by atoms with van der Waals surface area (Å²) in [6, 6.07) is 9.86. The van der Waals surface area contributed by atoms with E-state index in [0.717, 1.165) is 5.69 Å². The van der Waals surface area contributed by atoms with E-state index in [9.17, 15) is 23.4 Å². The lowest BCUT2D eigenvalue weighted by Gasteiger charge is -2.49. The van der Waals surface area contributed by atoms with Crippen molar-refractivity contribution in [1.29, 1.82) is 0 Å². The number of benzene rings is 2. The van der Waals surface area contributed by atoms with Crippen molar-refractivity contribution in [3.05, 3.63) is 64.3 Å². The maximum Gasteiger partial charge on any atom is 0.419 e. The molecule has 31 heavy (non-hydrogen) atoms. The molecule has 0 amide bonds. The molecule has 0 radical (unpaired) electrons. The Morgan fingerprint density at radius 2 is 1.84 bits per heavy atom. The molecule has 0 saturated carbocycles. The SMILES string of the molecule is Cc1ccc2c(NC3c4ccc(Cl)c(O)c4C(C)(C)CC3(O)C(F)(F)F)cccc2n1. The molecule has 1 aliphatic carbocycles. The van der Waals surface area contributed by atoms with Gasteiger partial charge in [0.15, 0.2) is 5.60 Å². The van der Waals surface area contributed by atoms with Crippen LogP contribution in [0, 0.1) is 6.92 Å². The van der Waals surface area contributed by atoms with Gasteiger partial charge in [0.2, 0.25) is 0 Å². The molecule has 3 N–H and O–H groups in total. The summed E-state index contributed by atoms with van der Waals surface area (Å²) in [6.07, 6.45) is -5.57. The number of phenols is 1. The highest BCUT2D eigenvalue weighted by molar-refractivity contribution is 6.32. The molecular weight excluding hydrogens is 429 g/mol. The molecule has 4 rings (SSSR count). The van der Waals surface area contributed by atoms with E-state index in [2.05, 4.69) is 10.3 Å². The Bertz CT molecular complexity index is 1180. The summed E-state index contributed by atoms with van der Waals surface area (Å²) in [7, 11) is 0. The van der Waals surface area contributed by atoms with Gasteiger partial charge in [0.1, 0.15) is 5.75 Å². The molecule has 164 valence electrons. The van der Waals surface area contributed by atoms with Crippen molar-refractivity contribution in [1.82, 2.24) is 4.98 Å². The van der Waals surface area contributed by atoms with Gasteiger partial charge in [-0.2, -0.15) is 13.2 Å². The number of halogens is 4. The van der Waals surface area contributed by atoms with E-state index in [4.69, 9.17) is 11.6 Å². The highest BCUT2D eigenvalue weighted by Gasteiger charge is 2.64. The number of pyridine rings is 1. The second-order valence-electron chi connectivity index (χ2n) is 8.75. The number of rotatable bonds is 2. The Kier molecular flexibility index (Phi) is 4.90. The van der Waals surface area contributed by atoms with Gasteiger partial charge in [0.25, 0.3) is 0 Å². The van der Waals surface area contributed by atoms with Crippen molar-refractivity contribution >= 4 is 28.2 Å². The standard InChI is InChI=1S/C23H22ClF3N2O2/c1-12-7-8-13-16(28-12)5-4-6-17(13)29-20-14-9-10-15(24)19(30)18(14)21(2,3)11-22(20,31)23(25,26)27/h4-10,20,29-31H,11H2,1-3H3. The number of alkyl halides is 3. The molecule has 1 aromatic heterocycles. The van der Waals surface area contributed by atoms with Gasteiger partial charge in [-0.25, -0.2) is 0 Å². The summed E-state index contributed by atoms with van der Waals surface area (Å²) < 4.78 is 42.8. The normalized spacial score (nSPS) is 22.9. The van der Waals surface area contributed by atoms with Gasteiger partial charge >= 0.3 is 6.18 Å². The van der Waals surface area contributed by atoms with Crippen LogP contribution in [0.4, 0.5) is 18.9 Å². The molecule has 0 bridgehead atoms. The predicted molar refractivity (Wildman–Crippen MR) is 115 cm³/mol. The predicted octanol–water partition coefficient (Wildman–Crippen LogP) is 6.03. The van der Waals surface area contributed by atoms with Crippen molar-refractivity contribution < 1.29 is 23.4 Å². The first kappa shape index (κ1) is 21.7. The van der Waals surface area contributed by atoms with Gasteiger partial charge in [-0.1, -0.05) is 37.6 Å². The zero-order valence-corrected chi connectivity index (χ0v) is 17.9. The Hall–Kier alpha value is -2.51. The van der Waals surface area contributed by atoms with Crippen LogP contribution >= 0.6 is 11.6 Å². The Morgan fingerprint density at radius 1 is 1.13 bits per heavy atom. The van der Waals surface area contributed by atoms with Crippen LogP contribution in [0.15, 0.2) is 42.5 Å². The lowest BCUT2D eigenvalue weighted by atomic mass is 9.63. The first-order valence-electron chi connectivity index (χ1n) is 9.79. The molecule has 8 heteroatoms. The summed E-state index contributed by atoms with van der Waals surface area (Å²) >= 11 is 6.07.